The van der Waals surface area contributed by atoms with Crippen molar-refractivity contribution >= 4 is 11.6 Å². The van der Waals surface area contributed by atoms with Crippen LogP contribution in [0.4, 0.5) is 17.6 Å². The predicted octanol–water partition coefficient (Wildman–Crippen LogP) is 6.28. The van der Waals surface area contributed by atoms with Crippen molar-refractivity contribution in [2.45, 2.75) is 6.18 Å². The maximum atomic E-state index is 14.1. The van der Waals surface area contributed by atoms with Crippen LogP contribution in [0.15, 0.2) is 65.4 Å². The monoisotopic (exact) mass is 419 g/mol. The Morgan fingerprint density at radius 2 is 1.69 bits per heavy atom. The fourth-order valence-electron chi connectivity index (χ4n) is 2.82. The number of rotatable bonds is 3. The Morgan fingerprint density at radius 3 is 2.41 bits per heavy atom. The average Bonchev–Trinajstić information content (AvgIpc) is 3.18. The van der Waals surface area contributed by atoms with E-state index in [1.165, 1.54) is 42.7 Å². The highest BCUT2D eigenvalue weighted by molar-refractivity contribution is 6.30. The summed E-state index contributed by atoms with van der Waals surface area (Å²) in [6.07, 6.45) is -1.85. The first kappa shape index (κ1) is 19.1. The van der Waals surface area contributed by atoms with Crippen molar-refractivity contribution in [3.63, 3.8) is 0 Å². The van der Waals surface area contributed by atoms with E-state index >= 15 is 0 Å². The molecule has 2 heterocycles. The largest absolute Gasteiger partial charge is 0.417 e. The van der Waals surface area contributed by atoms with Crippen molar-refractivity contribution in [3.05, 3.63) is 77.3 Å². The number of alkyl halides is 3. The molecule has 4 rings (SSSR count). The van der Waals surface area contributed by atoms with Crippen molar-refractivity contribution in [3.8, 4) is 34.0 Å². The number of nitrogens with zero attached hydrogens (tertiary/aromatic N) is 3. The van der Waals surface area contributed by atoms with Crippen LogP contribution in [-0.4, -0.2) is 15.1 Å². The standard InChI is InChI=1S/C20H10ClF4N3O/c21-13-7-12(9-26-10-13)18-27-19(29-28-18)11-5-6-14(16(8-11)20(23,24)25)15-3-1-2-4-17(15)22/h1-10H. The first-order chi connectivity index (χ1) is 13.8. The van der Waals surface area contributed by atoms with Crippen LogP contribution in [0.3, 0.4) is 0 Å². The molecule has 4 aromatic rings. The van der Waals surface area contributed by atoms with Crippen molar-refractivity contribution in [1.29, 1.82) is 0 Å². The number of halogens is 5. The molecule has 0 radical (unpaired) electrons. The molecular weight excluding hydrogens is 410 g/mol. The van der Waals surface area contributed by atoms with Crippen LogP contribution < -0.4 is 0 Å². The van der Waals surface area contributed by atoms with Gasteiger partial charge in [-0.1, -0.05) is 41.0 Å². The highest BCUT2D eigenvalue weighted by Gasteiger charge is 2.35. The van der Waals surface area contributed by atoms with Gasteiger partial charge < -0.3 is 4.52 Å². The molecule has 0 spiro atoms. The third-order valence-electron chi connectivity index (χ3n) is 4.13. The summed E-state index contributed by atoms with van der Waals surface area (Å²) in [5.41, 5.74) is -0.942. The maximum absolute atomic E-state index is 14.1. The Hall–Kier alpha value is -3.26. The summed E-state index contributed by atoms with van der Waals surface area (Å²) in [6.45, 7) is 0. The molecule has 0 atom stereocenters. The molecular formula is C20H10ClF4N3O. The Bertz CT molecular complexity index is 1190. The van der Waals surface area contributed by atoms with Crippen LogP contribution in [0.5, 0.6) is 0 Å². The van der Waals surface area contributed by atoms with Crippen LogP contribution in [0.1, 0.15) is 5.56 Å². The minimum Gasteiger partial charge on any atom is -0.334 e. The third kappa shape index (κ3) is 3.84. The molecule has 2 aromatic carbocycles. The SMILES string of the molecule is Fc1ccccc1-c1ccc(-c2nc(-c3cncc(Cl)c3)no2)cc1C(F)(F)F. The number of hydrogen-bond donors (Lipinski definition) is 0. The van der Waals surface area contributed by atoms with Gasteiger partial charge in [-0.15, -0.1) is 0 Å². The first-order valence-electron chi connectivity index (χ1n) is 8.24. The van der Waals surface area contributed by atoms with E-state index in [2.05, 4.69) is 15.1 Å². The lowest BCUT2D eigenvalue weighted by Gasteiger charge is -2.14. The van der Waals surface area contributed by atoms with E-state index in [4.69, 9.17) is 16.1 Å². The zero-order valence-corrected chi connectivity index (χ0v) is 15.2. The maximum Gasteiger partial charge on any atom is 0.417 e. The van der Waals surface area contributed by atoms with Gasteiger partial charge in [0.15, 0.2) is 0 Å². The summed E-state index contributed by atoms with van der Waals surface area (Å²) in [5, 5.41) is 4.11. The van der Waals surface area contributed by atoms with Gasteiger partial charge >= 0.3 is 6.18 Å². The van der Waals surface area contributed by atoms with Gasteiger partial charge in [-0.05, 0) is 29.8 Å². The number of hydrogen-bond acceptors (Lipinski definition) is 4. The van der Waals surface area contributed by atoms with Crippen molar-refractivity contribution in [2.75, 3.05) is 0 Å². The van der Waals surface area contributed by atoms with E-state index in [1.807, 2.05) is 0 Å². The lowest BCUT2D eigenvalue weighted by molar-refractivity contribution is -0.137. The Balaban J connectivity index is 1.80. The van der Waals surface area contributed by atoms with Gasteiger partial charge in [0.2, 0.25) is 5.82 Å². The molecule has 9 heteroatoms. The molecule has 0 aliphatic rings. The van der Waals surface area contributed by atoms with Crippen LogP contribution >= 0.6 is 11.6 Å². The Labute approximate surface area is 166 Å². The Morgan fingerprint density at radius 1 is 0.897 bits per heavy atom. The average molecular weight is 420 g/mol. The third-order valence-corrected chi connectivity index (χ3v) is 4.33. The second kappa shape index (κ2) is 7.29. The molecule has 0 N–H and O–H groups in total. The number of aromatic nitrogens is 3. The van der Waals surface area contributed by atoms with Gasteiger partial charge in [0.05, 0.1) is 10.6 Å². The van der Waals surface area contributed by atoms with Crippen molar-refractivity contribution < 1.29 is 22.1 Å². The zero-order chi connectivity index (χ0) is 20.6. The van der Waals surface area contributed by atoms with Crippen molar-refractivity contribution in [1.82, 2.24) is 15.1 Å². The number of pyridine rings is 1. The number of benzene rings is 2. The van der Waals surface area contributed by atoms with Gasteiger partial charge in [0.25, 0.3) is 5.89 Å². The normalized spacial score (nSPS) is 11.6. The summed E-state index contributed by atoms with van der Waals surface area (Å²) in [7, 11) is 0. The first-order valence-corrected chi connectivity index (χ1v) is 8.62. The fraction of sp³-hybridized carbons (Fsp3) is 0.0500. The molecule has 0 aliphatic carbocycles. The Kier molecular flexibility index (Phi) is 4.79. The van der Waals surface area contributed by atoms with Crippen molar-refractivity contribution in [2.24, 2.45) is 0 Å². The molecule has 0 bridgehead atoms. The molecule has 29 heavy (non-hydrogen) atoms. The molecule has 146 valence electrons. The minimum atomic E-state index is -4.71. The van der Waals surface area contributed by atoms with Gasteiger partial charge in [-0.25, -0.2) is 4.39 Å². The topological polar surface area (TPSA) is 51.8 Å². The molecule has 0 unspecified atom stereocenters. The summed E-state index contributed by atoms with van der Waals surface area (Å²) in [5.74, 6) is -0.744. The van der Waals surface area contributed by atoms with Crippen LogP contribution in [0.2, 0.25) is 5.02 Å². The molecule has 0 fully saturated rings. The second-order valence-electron chi connectivity index (χ2n) is 6.05. The van der Waals surface area contributed by atoms with E-state index in [0.717, 1.165) is 12.1 Å². The lowest BCUT2D eigenvalue weighted by atomic mass is 9.96. The summed E-state index contributed by atoms with van der Waals surface area (Å²) >= 11 is 5.87. The molecule has 0 amide bonds. The van der Waals surface area contributed by atoms with Gasteiger partial charge in [0.1, 0.15) is 5.82 Å². The molecule has 0 saturated heterocycles. The lowest BCUT2D eigenvalue weighted by Crippen LogP contribution is -2.08. The zero-order valence-electron chi connectivity index (χ0n) is 14.4. The van der Waals surface area contributed by atoms with E-state index < -0.39 is 17.6 Å². The molecule has 0 saturated carbocycles. The van der Waals surface area contributed by atoms with Gasteiger partial charge in [-0.3, -0.25) is 4.98 Å². The minimum absolute atomic E-state index is 0.0474. The van der Waals surface area contributed by atoms with E-state index in [0.29, 0.717) is 10.6 Å². The van der Waals surface area contributed by atoms with Crippen LogP contribution in [0.25, 0.3) is 34.0 Å². The molecule has 4 nitrogen and oxygen atoms in total. The van der Waals surface area contributed by atoms with E-state index in [-0.39, 0.29) is 28.4 Å². The highest BCUT2D eigenvalue weighted by atomic mass is 35.5. The summed E-state index contributed by atoms with van der Waals surface area (Å²) in [4.78, 5) is 8.02. The van der Waals surface area contributed by atoms with Crippen LogP contribution in [0, 0.1) is 5.82 Å². The van der Waals surface area contributed by atoms with E-state index in [9.17, 15) is 17.6 Å². The quantitative estimate of drug-likeness (QED) is 0.367. The predicted molar refractivity (Wildman–Crippen MR) is 98.4 cm³/mol. The summed E-state index contributed by atoms with van der Waals surface area (Å²) in [6, 6.07) is 10.2. The molecule has 0 aliphatic heterocycles. The smallest absolute Gasteiger partial charge is 0.334 e. The van der Waals surface area contributed by atoms with Gasteiger partial charge in [0, 0.05) is 29.1 Å². The van der Waals surface area contributed by atoms with Gasteiger partial charge in [-0.2, -0.15) is 18.2 Å². The second-order valence-corrected chi connectivity index (χ2v) is 6.49. The van der Waals surface area contributed by atoms with Crippen LogP contribution in [-0.2, 0) is 6.18 Å². The molecule has 2 aromatic heterocycles. The van der Waals surface area contributed by atoms with E-state index in [1.54, 1.807) is 6.07 Å². The fourth-order valence-corrected chi connectivity index (χ4v) is 2.99. The highest BCUT2D eigenvalue weighted by Crippen LogP contribution is 2.40. The summed E-state index contributed by atoms with van der Waals surface area (Å²) < 4.78 is 60.2.